The minimum Gasteiger partial charge on any atom is -0.394 e. The van der Waals surface area contributed by atoms with E-state index in [1.807, 2.05) is 0 Å². The van der Waals surface area contributed by atoms with Crippen molar-refractivity contribution in [2.45, 2.75) is 366 Å². The van der Waals surface area contributed by atoms with E-state index in [4.69, 9.17) is 0 Å². The van der Waals surface area contributed by atoms with Crippen LogP contribution < -0.4 is 5.32 Å². The maximum absolute atomic E-state index is 12.6. The van der Waals surface area contributed by atoms with Gasteiger partial charge in [-0.2, -0.15) is 0 Å². The first-order chi connectivity index (χ1) is 33.0. The molecule has 1 amide bonds. The molecule has 0 saturated carbocycles. The van der Waals surface area contributed by atoms with Crippen molar-refractivity contribution in [3.63, 3.8) is 0 Å². The van der Waals surface area contributed by atoms with Crippen LogP contribution in [-0.4, -0.2) is 57.3 Å². The molecule has 67 heavy (non-hydrogen) atoms. The van der Waals surface area contributed by atoms with E-state index in [1.54, 1.807) is 0 Å². The highest BCUT2D eigenvalue weighted by molar-refractivity contribution is 5.80. The van der Waals surface area contributed by atoms with Crippen molar-refractivity contribution in [2.75, 3.05) is 6.61 Å². The quantitative estimate of drug-likeness (QED) is 0.0308. The Labute approximate surface area is 419 Å². The van der Waals surface area contributed by atoms with Gasteiger partial charge in [-0.25, -0.2) is 0 Å². The zero-order chi connectivity index (χ0) is 48.8. The summed E-state index contributed by atoms with van der Waals surface area (Å²) in [6.07, 6.45) is 67.6. The molecule has 0 aromatic heterocycles. The van der Waals surface area contributed by atoms with E-state index in [2.05, 4.69) is 31.3 Å². The Hall–Kier alpha value is -0.950. The highest BCUT2D eigenvalue weighted by Gasteiger charge is 2.28. The molecule has 0 fully saturated rings. The summed E-state index contributed by atoms with van der Waals surface area (Å²) < 4.78 is 0. The Morgan fingerprint density at radius 1 is 0.358 bits per heavy atom. The molecule has 0 saturated heterocycles. The normalized spacial score (nSPS) is 13.7. The van der Waals surface area contributed by atoms with Gasteiger partial charge in [-0.05, 0) is 38.5 Å². The number of aliphatic hydroxyl groups excluding tert-OH is 4. The second-order valence-corrected chi connectivity index (χ2v) is 21.4. The van der Waals surface area contributed by atoms with Crippen LogP contribution in [0.1, 0.15) is 341 Å². The molecule has 0 spiro atoms. The Balaban J connectivity index is 3.46. The van der Waals surface area contributed by atoms with E-state index in [9.17, 15) is 25.2 Å². The second kappa shape index (κ2) is 56.0. The molecule has 0 bridgehead atoms. The van der Waals surface area contributed by atoms with Crippen LogP contribution in [0.5, 0.6) is 0 Å². The van der Waals surface area contributed by atoms with Crippen molar-refractivity contribution in [1.82, 2.24) is 5.32 Å². The van der Waals surface area contributed by atoms with Gasteiger partial charge in [0.25, 0.3) is 0 Å². The smallest absolute Gasteiger partial charge is 0.249 e. The maximum atomic E-state index is 12.6. The zero-order valence-corrected chi connectivity index (χ0v) is 45.4. The SMILES string of the molecule is CCCCCCCCCC/C=C/CCCC(O)C(O)C(CO)NC(=O)C(O)CCCCCCCCCCCCCCCCCCCCCCCCCCCCCCCCCCCCCCCC. The number of carbonyl (C=O) groups is 1. The molecule has 4 atom stereocenters. The van der Waals surface area contributed by atoms with Crippen molar-refractivity contribution in [3.8, 4) is 0 Å². The second-order valence-electron chi connectivity index (χ2n) is 21.4. The van der Waals surface area contributed by atoms with Gasteiger partial charge in [0, 0.05) is 0 Å². The molecule has 0 rings (SSSR count). The Morgan fingerprint density at radius 3 is 0.896 bits per heavy atom. The van der Waals surface area contributed by atoms with E-state index in [-0.39, 0.29) is 0 Å². The molecule has 0 aromatic rings. The lowest BCUT2D eigenvalue weighted by Crippen LogP contribution is -2.53. The number of rotatable bonds is 57. The third-order valence-corrected chi connectivity index (χ3v) is 14.7. The van der Waals surface area contributed by atoms with E-state index in [0.717, 1.165) is 38.5 Å². The van der Waals surface area contributed by atoms with Crippen LogP contribution in [0.2, 0.25) is 0 Å². The van der Waals surface area contributed by atoms with Crippen LogP contribution in [0.25, 0.3) is 0 Å². The molecule has 0 heterocycles. The number of carbonyl (C=O) groups excluding carboxylic acids is 1. The average molecular weight is 949 g/mol. The lowest BCUT2D eigenvalue weighted by molar-refractivity contribution is -0.132. The third kappa shape index (κ3) is 49.8. The summed E-state index contributed by atoms with van der Waals surface area (Å²) in [5.74, 6) is -0.587. The van der Waals surface area contributed by atoms with Gasteiger partial charge in [0.1, 0.15) is 12.2 Å². The molecule has 0 radical (unpaired) electrons. The Kier molecular flexibility index (Phi) is 55.2. The Bertz CT molecular complexity index is 975. The maximum Gasteiger partial charge on any atom is 0.249 e. The highest BCUT2D eigenvalue weighted by Crippen LogP contribution is 2.19. The van der Waals surface area contributed by atoms with Gasteiger partial charge in [-0.15, -0.1) is 0 Å². The lowest BCUT2D eigenvalue weighted by atomic mass is 10.00. The molecule has 5 N–H and O–H groups in total. The molecule has 0 aliphatic heterocycles. The zero-order valence-electron chi connectivity index (χ0n) is 45.4. The van der Waals surface area contributed by atoms with Gasteiger partial charge in [0.2, 0.25) is 5.91 Å². The number of aliphatic hydroxyl groups is 4. The first-order valence-corrected chi connectivity index (χ1v) is 30.6. The van der Waals surface area contributed by atoms with E-state index in [0.29, 0.717) is 12.8 Å². The molecule has 0 aliphatic rings. The van der Waals surface area contributed by atoms with E-state index in [1.165, 1.54) is 276 Å². The van der Waals surface area contributed by atoms with Gasteiger partial charge in [0.15, 0.2) is 0 Å². The summed E-state index contributed by atoms with van der Waals surface area (Å²) >= 11 is 0. The van der Waals surface area contributed by atoms with Crippen molar-refractivity contribution in [1.29, 1.82) is 0 Å². The fourth-order valence-electron chi connectivity index (χ4n) is 9.94. The van der Waals surface area contributed by atoms with Crippen molar-refractivity contribution >= 4 is 5.91 Å². The lowest BCUT2D eigenvalue weighted by Gasteiger charge is -2.27. The van der Waals surface area contributed by atoms with Gasteiger partial charge >= 0.3 is 0 Å². The first-order valence-electron chi connectivity index (χ1n) is 30.6. The summed E-state index contributed by atoms with van der Waals surface area (Å²) in [5.41, 5.74) is 0. The number of hydrogen-bond donors (Lipinski definition) is 5. The molecule has 4 unspecified atom stereocenters. The molecule has 0 aliphatic carbocycles. The summed E-state index contributed by atoms with van der Waals surface area (Å²) in [6.45, 7) is 4.06. The van der Waals surface area contributed by atoms with Gasteiger partial charge < -0.3 is 25.7 Å². The first kappa shape index (κ1) is 66.0. The van der Waals surface area contributed by atoms with Crippen LogP contribution >= 0.6 is 0 Å². The molecule has 0 aromatic carbocycles. The largest absolute Gasteiger partial charge is 0.394 e. The van der Waals surface area contributed by atoms with Crippen molar-refractivity contribution in [3.05, 3.63) is 12.2 Å². The number of hydrogen-bond acceptors (Lipinski definition) is 5. The van der Waals surface area contributed by atoms with Crippen LogP contribution in [0.4, 0.5) is 0 Å². The monoisotopic (exact) mass is 948 g/mol. The number of amides is 1. The van der Waals surface area contributed by atoms with E-state index < -0.39 is 36.9 Å². The van der Waals surface area contributed by atoms with Gasteiger partial charge in [0.05, 0.1) is 18.8 Å². The van der Waals surface area contributed by atoms with E-state index >= 15 is 0 Å². The minimum absolute atomic E-state index is 0.369. The minimum atomic E-state index is -1.28. The molecule has 6 heteroatoms. The number of allylic oxidation sites excluding steroid dienone is 2. The van der Waals surface area contributed by atoms with Crippen LogP contribution in [-0.2, 0) is 4.79 Å². The van der Waals surface area contributed by atoms with Crippen LogP contribution in [0.15, 0.2) is 12.2 Å². The summed E-state index contributed by atoms with van der Waals surface area (Å²) in [7, 11) is 0. The fourth-order valence-corrected chi connectivity index (χ4v) is 9.94. The van der Waals surface area contributed by atoms with Crippen molar-refractivity contribution < 1.29 is 25.2 Å². The average Bonchev–Trinajstić information content (AvgIpc) is 3.33. The molecular formula is C61H121NO5. The fraction of sp³-hybridized carbons (Fsp3) is 0.951. The van der Waals surface area contributed by atoms with Gasteiger partial charge in [-0.1, -0.05) is 315 Å². The third-order valence-electron chi connectivity index (χ3n) is 14.7. The highest BCUT2D eigenvalue weighted by atomic mass is 16.3. The standard InChI is InChI=1S/C61H121NO5/c1-3-5-7-9-11-13-15-17-18-19-20-21-22-23-24-25-26-27-28-29-30-31-32-33-34-35-36-37-38-39-40-41-43-45-47-49-51-53-55-59(65)61(67)62-57(56-63)60(66)58(64)54-52-50-48-46-44-42-16-14-12-10-8-6-4-2/h46,48,57-60,63-66H,3-45,47,49-56H2,1-2H3,(H,62,67)/b48-46+. The van der Waals surface area contributed by atoms with Crippen molar-refractivity contribution in [2.24, 2.45) is 0 Å². The molecule has 6 nitrogen and oxygen atoms in total. The van der Waals surface area contributed by atoms with Crippen LogP contribution in [0, 0.1) is 0 Å². The predicted molar refractivity (Wildman–Crippen MR) is 293 cm³/mol. The predicted octanol–water partition coefficient (Wildman–Crippen LogP) is 18.0. The molecule has 400 valence electrons. The van der Waals surface area contributed by atoms with Crippen LogP contribution in [0.3, 0.4) is 0 Å². The summed E-state index contributed by atoms with van der Waals surface area (Å²) in [6, 6.07) is -0.998. The topological polar surface area (TPSA) is 110 Å². The number of unbranched alkanes of at least 4 members (excludes halogenated alkanes) is 46. The summed E-state index contributed by atoms with van der Waals surface area (Å²) in [4.78, 5) is 12.6. The Morgan fingerprint density at radius 2 is 0.612 bits per heavy atom. The molecular weight excluding hydrogens is 827 g/mol. The van der Waals surface area contributed by atoms with Gasteiger partial charge in [-0.3, -0.25) is 4.79 Å². The number of nitrogens with one attached hydrogen (secondary N) is 1. The summed E-state index contributed by atoms with van der Waals surface area (Å²) in [5, 5.41) is 43.8.